The summed E-state index contributed by atoms with van der Waals surface area (Å²) >= 11 is 0. The molecule has 0 fully saturated rings. The van der Waals surface area contributed by atoms with Gasteiger partial charge in [-0.05, 0) is 54.2 Å². The van der Waals surface area contributed by atoms with E-state index in [-0.39, 0.29) is 17.2 Å². The van der Waals surface area contributed by atoms with Crippen molar-refractivity contribution in [2.45, 2.75) is 84.7 Å². The molecule has 0 heterocycles. The molecular weight excluding hydrogens is 507 g/mol. The van der Waals surface area contributed by atoms with E-state index in [4.69, 9.17) is 14.2 Å². The number of esters is 1. The van der Waals surface area contributed by atoms with Crippen LogP contribution in [-0.2, 0) is 9.47 Å². The van der Waals surface area contributed by atoms with E-state index in [1.807, 2.05) is 44.2 Å². The SMILES string of the molecule is CCCCCCCCCOc1ccc(-c2ccc(C(=O)OC(=O)OC(CC)CC)c(F)c2-c2ccccc2)cc1. The van der Waals surface area contributed by atoms with Crippen LogP contribution in [0.3, 0.4) is 0 Å². The van der Waals surface area contributed by atoms with Crippen LogP contribution in [-0.4, -0.2) is 24.8 Å². The minimum absolute atomic E-state index is 0.250. The molecular formula is C34H41FO5. The first-order valence-corrected chi connectivity index (χ1v) is 14.5. The zero-order valence-electron chi connectivity index (χ0n) is 23.9. The largest absolute Gasteiger partial charge is 0.516 e. The Morgan fingerprint density at radius 1 is 0.750 bits per heavy atom. The second-order valence-electron chi connectivity index (χ2n) is 9.91. The molecule has 214 valence electrons. The predicted molar refractivity (Wildman–Crippen MR) is 157 cm³/mol. The lowest BCUT2D eigenvalue weighted by Crippen LogP contribution is -2.21. The smallest absolute Gasteiger partial charge is 0.494 e. The molecule has 40 heavy (non-hydrogen) atoms. The Kier molecular flexibility index (Phi) is 12.7. The van der Waals surface area contributed by atoms with Crippen molar-refractivity contribution in [3.8, 4) is 28.0 Å². The summed E-state index contributed by atoms with van der Waals surface area (Å²) in [5.74, 6) is -1.10. The highest BCUT2D eigenvalue weighted by Gasteiger charge is 2.24. The van der Waals surface area contributed by atoms with Crippen molar-refractivity contribution in [2.75, 3.05) is 6.61 Å². The van der Waals surface area contributed by atoms with Crippen LogP contribution in [0.15, 0.2) is 66.7 Å². The third-order valence-electron chi connectivity index (χ3n) is 6.96. The molecule has 0 N–H and O–H groups in total. The van der Waals surface area contributed by atoms with Crippen LogP contribution in [0.25, 0.3) is 22.3 Å². The van der Waals surface area contributed by atoms with Gasteiger partial charge >= 0.3 is 12.1 Å². The minimum Gasteiger partial charge on any atom is -0.494 e. The molecule has 6 heteroatoms. The average Bonchev–Trinajstić information content (AvgIpc) is 2.97. The van der Waals surface area contributed by atoms with Gasteiger partial charge in [-0.3, -0.25) is 0 Å². The van der Waals surface area contributed by atoms with Crippen molar-refractivity contribution in [3.05, 3.63) is 78.1 Å². The number of rotatable bonds is 15. The topological polar surface area (TPSA) is 61.8 Å². The maximum atomic E-state index is 15.9. The molecule has 0 aromatic heterocycles. The zero-order chi connectivity index (χ0) is 28.7. The number of benzene rings is 3. The number of halogens is 1. The highest BCUT2D eigenvalue weighted by Crippen LogP contribution is 2.36. The molecule has 5 nitrogen and oxygen atoms in total. The van der Waals surface area contributed by atoms with Crippen LogP contribution in [0, 0.1) is 5.82 Å². The Balaban J connectivity index is 1.75. The molecule has 3 aromatic carbocycles. The molecule has 0 aliphatic heterocycles. The van der Waals surface area contributed by atoms with Gasteiger partial charge < -0.3 is 14.2 Å². The fourth-order valence-electron chi connectivity index (χ4n) is 4.59. The van der Waals surface area contributed by atoms with Gasteiger partial charge in [0.25, 0.3) is 0 Å². The van der Waals surface area contributed by atoms with Gasteiger partial charge in [0.05, 0.1) is 12.2 Å². The lowest BCUT2D eigenvalue weighted by atomic mass is 9.92. The fraction of sp³-hybridized carbons (Fsp3) is 0.412. The maximum absolute atomic E-state index is 15.9. The first-order chi connectivity index (χ1) is 19.5. The van der Waals surface area contributed by atoms with Crippen LogP contribution < -0.4 is 4.74 Å². The molecule has 0 aliphatic rings. The Morgan fingerprint density at radius 3 is 2.05 bits per heavy atom. The van der Waals surface area contributed by atoms with Crippen molar-refractivity contribution in [1.82, 2.24) is 0 Å². The average molecular weight is 549 g/mol. The summed E-state index contributed by atoms with van der Waals surface area (Å²) in [7, 11) is 0. The van der Waals surface area contributed by atoms with Crippen LogP contribution in [0.5, 0.6) is 5.75 Å². The number of hydrogen-bond donors (Lipinski definition) is 0. The molecule has 0 saturated heterocycles. The maximum Gasteiger partial charge on any atom is 0.516 e. The Hall–Kier alpha value is -3.67. The number of hydrogen-bond acceptors (Lipinski definition) is 5. The van der Waals surface area contributed by atoms with Gasteiger partial charge in [-0.25, -0.2) is 14.0 Å². The molecule has 3 rings (SSSR count). The highest BCUT2D eigenvalue weighted by atomic mass is 19.1. The van der Waals surface area contributed by atoms with Crippen molar-refractivity contribution >= 4 is 12.1 Å². The lowest BCUT2D eigenvalue weighted by Gasteiger charge is -2.16. The van der Waals surface area contributed by atoms with Crippen LogP contribution in [0.4, 0.5) is 9.18 Å². The second kappa shape index (κ2) is 16.4. The molecule has 0 radical (unpaired) electrons. The van der Waals surface area contributed by atoms with E-state index < -0.39 is 17.9 Å². The number of ether oxygens (including phenoxy) is 3. The van der Waals surface area contributed by atoms with Crippen molar-refractivity contribution in [1.29, 1.82) is 0 Å². The van der Waals surface area contributed by atoms with E-state index in [1.165, 1.54) is 38.2 Å². The predicted octanol–water partition coefficient (Wildman–Crippen LogP) is 9.77. The second-order valence-corrected chi connectivity index (χ2v) is 9.91. The van der Waals surface area contributed by atoms with Crippen molar-refractivity contribution in [3.63, 3.8) is 0 Å². The normalized spacial score (nSPS) is 10.9. The molecule has 0 spiro atoms. The van der Waals surface area contributed by atoms with Gasteiger partial charge in [-0.15, -0.1) is 0 Å². The van der Waals surface area contributed by atoms with Gasteiger partial charge in [0.1, 0.15) is 17.7 Å². The van der Waals surface area contributed by atoms with E-state index in [0.717, 1.165) is 24.2 Å². The molecule has 0 unspecified atom stereocenters. The first kappa shape index (κ1) is 30.9. The molecule has 0 amide bonds. The van der Waals surface area contributed by atoms with E-state index in [9.17, 15) is 9.59 Å². The van der Waals surface area contributed by atoms with Gasteiger partial charge in [-0.2, -0.15) is 0 Å². The quantitative estimate of drug-likeness (QED) is 0.107. The molecule has 0 atom stereocenters. The zero-order valence-corrected chi connectivity index (χ0v) is 23.9. The first-order valence-electron chi connectivity index (χ1n) is 14.5. The Labute approximate surface area is 237 Å². The monoisotopic (exact) mass is 548 g/mol. The number of carbonyl (C=O) groups excluding carboxylic acids is 2. The summed E-state index contributed by atoms with van der Waals surface area (Å²) in [5, 5.41) is 0. The molecule has 0 saturated carbocycles. The summed E-state index contributed by atoms with van der Waals surface area (Å²) < 4.78 is 31.8. The van der Waals surface area contributed by atoms with Gasteiger partial charge in [0.15, 0.2) is 0 Å². The lowest BCUT2D eigenvalue weighted by molar-refractivity contribution is 0.0196. The van der Waals surface area contributed by atoms with Gasteiger partial charge in [0.2, 0.25) is 0 Å². The highest BCUT2D eigenvalue weighted by molar-refractivity contribution is 5.98. The fourth-order valence-corrected chi connectivity index (χ4v) is 4.59. The molecule has 0 aliphatic carbocycles. The summed E-state index contributed by atoms with van der Waals surface area (Å²) in [5.41, 5.74) is 1.90. The standard InChI is InChI=1S/C34H41FO5/c1-4-7-8-9-10-11-15-24-38-28-20-18-25(19-21-28)29-22-23-30(32(35)31(29)26-16-13-12-14-17-26)33(36)40-34(37)39-27(5-2)6-3/h12-14,16-23,27H,4-11,15,24H2,1-3H3. The van der Waals surface area contributed by atoms with E-state index in [0.29, 0.717) is 30.6 Å². The summed E-state index contributed by atoms with van der Waals surface area (Å²) in [6, 6.07) is 19.5. The Morgan fingerprint density at radius 2 is 1.40 bits per heavy atom. The van der Waals surface area contributed by atoms with Gasteiger partial charge in [-0.1, -0.05) is 108 Å². The van der Waals surface area contributed by atoms with Crippen molar-refractivity contribution < 1.29 is 28.2 Å². The molecule has 0 bridgehead atoms. The Bertz CT molecular complexity index is 1200. The van der Waals surface area contributed by atoms with Gasteiger partial charge in [0, 0.05) is 5.56 Å². The van der Waals surface area contributed by atoms with Crippen molar-refractivity contribution in [2.24, 2.45) is 0 Å². The number of carbonyl (C=O) groups is 2. The van der Waals surface area contributed by atoms with E-state index in [1.54, 1.807) is 30.3 Å². The number of unbranched alkanes of at least 4 members (excludes halogenated alkanes) is 6. The third-order valence-corrected chi connectivity index (χ3v) is 6.96. The third kappa shape index (κ3) is 8.94. The summed E-state index contributed by atoms with van der Waals surface area (Å²) in [4.78, 5) is 24.8. The van der Waals surface area contributed by atoms with Crippen LogP contribution in [0.1, 0.15) is 88.9 Å². The molecule has 3 aromatic rings. The summed E-state index contributed by atoms with van der Waals surface area (Å²) in [6.45, 7) is 6.61. The summed E-state index contributed by atoms with van der Waals surface area (Å²) in [6.07, 6.45) is 8.23. The van der Waals surface area contributed by atoms with E-state index in [2.05, 4.69) is 6.92 Å². The minimum atomic E-state index is -1.13. The van der Waals surface area contributed by atoms with E-state index >= 15 is 4.39 Å². The van der Waals surface area contributed by atoms with Crippen LogP contribution >= 0.6 is 0 Å². The van der Waals surface area contributed by atoms with Crippen LogP contribution in [0.2, 0.25) is 0 Å².